The van der Waals surface area contributed by atoms with Gasteiger partial charge in [0, 0.05) is 41.8 Å². The first-order valence-corrected chi connectivity index (χ1v) is 12.7. The Balaban J connectivity index is 1.42. The topological polar surface area (TPSA) is 81.0 Å². The summed E-state index contributed by atoms with van der Waals surface area (Å²) in [5.41, 5.74) is 1.88. The van der Waals surface area contributed by atoms with Gasteiger partial charge in [0.15, 0.2) is 4.80 Å². The molecule has 3 aromatic rings. The molecule has 0 bridgehead atoms. The van der Waals surface area contributed by atoms with E-state index < -0.39 is 11.7 Å². The van der Waals surface area contributed by atoms with Gasteiger partial charge in [0.05, 0.1) is 12.5 Å². The lowest BCUT2D eigenvalue weighted by atomic mass is 9.96. The summed E-state index contributed by atoms with van der Waals surface area (Å²) < 4.78 is 20.1. The number of amides is 2. The molecule has 0 N–H and O–H groups in total. The smallest absolute Gasteiger partial charge is 0.309 e. The molecule has 9 heteroatoms. The zero-order valence-electron chi connectivity index (χ0n) is 20.3. The molecular formula is C27H28FN3O4S. The highest BCUT2D eigenvalue weighted by molar-refractivity contribution is 7.09. The molecule has 0 radical (unpaired) electrons. The van der Waals surface area contributed by atoms with Crippen LogP contribution in [0.5, 0.6) is 0 Å². The van der Waals surface area contributed by atoms with E-state index in [9.17, 15) is 18.8 Å². The Kier molecular flexibility index (Phi) is 8.10. The quantitative estimate of drug-likeness (QED) is 0.467. The second-order valence-corrected chi connectivity index (χ2v) is 9.90. The number of carbonyl (C=O) groups is 3. The van der Waals surface area contributed by atoms with E-state index in [2.05, 4.69) is 4.99 Å². The first-order valence-electron chi connectivity index (χ1n) is 11.9. The zero-order valence-corrected chi connectivity index (χ0v) is 21.1. The molecule has 0 atom stereocenters. The van der Waals surface area contributed by atoms with Crippen LogP contribution in [0.1, 0.15) is 50.9 Å². The lowest BCUT2D eigenvalue weighted by Crippen LogP contribution is -2.40. The summed E-state index contributed by atoms with van der Waals surface area (Å²) in [5.74, 6) is -1.21. The van der Waals surface area contributed by atoms with Crippen molar-refractivity contribution in [1.29, 1.82) is 0 Å². The van der Waals surface area contributed by atoms with Crippen molar-refractivity contribution < 1.29 is 23.5 Å². The molecule has 2 heterocycles. The third-order valence-electron chi connectivity index (χ3n) is 6.08. The predicted octanol–water partition coefficient (Wildman–Crippen LogP) is 4.20. The number of aromatic nitrogens is 1. The highest BCUT2D eigenvalue weighted by atomic mass is 32.1. The number of piperidine rings is 1. The second kappa shape index (κ2) is 11.4. The van der Waals surface area contributed by atoms with Crippen molar-refractivity contribution in [3.05, 3.63) is 86.9 Å². The number of carbonyl (C=O) groups excluding carboxylic acids is 3. The molecule has 2 aromatic carbocycles. The van der Waals surface area contributed by atoms with Crippen molar-refractivity contribution in [3.63, 3.8) is 0 Å². The molecular weight excluding hydrogens is 481 g/mol. The maximum Gasteiger partial charge on any atom is 0.309 e. The third-order valence-corrected chi connectivity index (χ3v) is 7.02. The molecule has 1 fully saturated rings. The Morgan fingerprint density at radius 3 is 2.31 bits per heavy atom. The summed E-state index contributed by atoms with van der Waals surface area (Å²) in [4.78, 5) is 45.0. The molecule has 0 aliphatic carbocycles. The average Bonchev–Trinajstić information content (AvgIpc) is 3.22. The molecule has 1 aliphatic heterocycles. The van der Waals surface area contributed by atoms with Gasteiger partial charge in [-0.25, -0.2) is 4.39 Å². The highest BCUT2D eigenvalue weighted by Gasteiger charge is 2.28. The number of ether oxygens (including phenoxy) is 1. The first-order chi connectivity index (χ1) is 17.3. The van der Waals surface area contributed by atoms with Crippen LogP contribution < -0.4 is 4.80 Å². The van der Waals surface area contributed by atoms with Crippen molar-refractivity contribution in [3.8, 4) is 0 Å². The van der Waals surface area contributed by atoms with Crippen LogP contribution in [0.4, 0.5) is 4.39 Å². The van der Waals surface area contributed by atoms with Crippen LogP contribution in [0.3, 0.4) is 0 Å². The van der Waals surface area contributed by atoms with Crippen LogP contribution in [0.15, 0.2) is 59.7 Å². The van der Waals surface area contributed by atoms with Gasteiger partial charge in [-0.1, -0.05) is 12.1 Å². The summed E-state index contributed by atoms with van der Waals surface area (Å²) in [7, 11) is 0. The van der Waals surface area contributed by atoms with E-state index in [1.54, 1.807) is 24.0 Å². The first kappa shape index (κ1) is 25.5. The third kappa shape index (κ3) is 6.15. The van der Waals surface area contributed by atoms with Crippen molar-refractivity contribution >= 4 is 29.1 Å². The van der Waals surface area contributed by atoms with Gasteiger partial charge in [0.1, 0.15) is 5.82 Å². The Bertz CT molecular complexity index is 1300. The number of likely N-dealkylation sites (tertiary alicyclic amines) is 1. The Morgan fingerprint density at radius 2 is 1.67 bits per heavy atom. The number of rotatable bonds is 6. The second-order valence-electron chi connectivity index (χ2n) is 8.69. The monoisotopic (exact) mass is 509 g/mol. The number of hydrogen-bond donors (Lipinski definition) is 0. The van der Waals surface area contributed by atoms with Gasteiger partial charge < -0.3 is 14.2 Å². The molecule has 1 aliphatic rings. The zero-order chi connectivity index (χ0) is 25.7. The number of aryl methyl sites for hydroxylation is 1. The Labute approximate surface area is 212 Å². The summed E-state index contributed by atoms with van der Waals surface area (Å²) in [6, 6.07) is 12.7. The van der Waals surface area contributed by atoms with E-state index in [0.717, 1.165) is 10.4 Å². The molecule has 36 heavy (non-hydrogen) atoms. The predicted molar refractivity (Wildman–Crippen MR) is 134 cm³/mol. The molecule has 188 valence electrons. The number of thiazole rings is 1. The standard InChI is InChI=1S/C27H28FN3O4S/c1-3-35-26(34)22-12-14-30(15-13-22)25(33)21-6-4-19(5-7-21)17-31-16-18(2)36-27(31)29-24(32)20-8-10-23(28)11-9-20/h4-11,16,22H,3,12-15,17H2,1-2H3. The fourth-order valence-corrected chi connectivity index (χ4v) is 4.99. The Hall–Kier alpha value is -3.59. The van der Waals surface area contributed by atoms with Crippen molar-refractivity contribution in [1.82, 2.24) is 9.47 Å². The summed E-state index contributed by atoms with van der Waals surface area (Å²) in [5, 5.41) is 0. The van der Waals surface area contributed by atoms with Crippen molar-refractivity contribution in [2.24, 2.45) is 10.9 Å². The number of hydrogen-bond acceptors (Lipinski definition) is 5. The van der Waals surface area contributed by atoms with E-state index in [4.69, 9.17) is 4.74 Å². The van der Waals surface area contributed by atoms with E-state index in [1.807, 2.05) is 29.8 Å². The lowest BCUT2D eigenvalue weighted by Gasteiger charge is -2.31. The molecule has 4 rings (SSSR count). The van der Waals surface area contributed by atoms with Crippen molar-refractivity contribution in [2.75, 3.05) is 19.7 Å². The minimum absolute atomic E-state index is 0.0523. The van der Waals surface area contributed by atoms with Crippen LogP contribution in [0.2, 0.25) is 0 Å². The molecule has 0 saturated carbocycles. The fourth-order valence-electron chi connectivity index (χ4n) is 4.16. The van der Waals surface area contributed by atoms with Crippen LogP contribution in [0, 0.1) is 18.7 Å². The van der Waals surface area contributed by atoms with E-state index in [1.165, 1.54) is 35.6 Å². The minimum atomic E-state index is -0.432. The molecule has 0 unspecified atom stereocenters. The van der Waals surface area contributed by atoms with Crippen LogP contribution >= 0.6 is 11.3 Å². The minimum Gasteiger partial charge on any atom is -0.466 e. The number of nitrogens with zero attached hydrogens (tertiary/aromatic N) is 3. The molecule has 1 saturated heterocycles. The van der Waals surface area contributed by atoms with Crippen molar-refractivity contribution in [2.45, 2.75) is 33.2 Å². The van der Waals surface area contributed by atoms with E-state index in [0.29, 0.717) is 55.0 Å². The normalized spacial score (nSPS) is 14.6. The molecule has 0 spiro atoms. The molecule has 1 aromatic heterocycles. The van der Waals surface area contributed by atoms with E-state index >= 15 is 0 Å². The molecule has 2 amide bonds. The van der Waals surface area contributed by atoms with Gasteiger partial charge in [-0.3, -0.25) is 14.4 Å². The highest BCUT2D eigenvalue weighted by Crippen LogP contribution is 2.21. The van der Waals surface area contributed by atoms with Gasteiger partial charge in [-0.15, -0.1) is 11.3 Å². The van der Waals surface area contributed by atoms with Crippen LogP contribution in [-0.4, -0.2) is 46.9 Å². The van der Waals surface area contributed by atoms with Gasteiger partial charge >= 0.3 is 5.97 Å². The average molecular weight is 510 g/mol. The van der Waals surface area contributed by atoms with Crippen LogP contribution in [-0.2, 0) is 16.1 Å². The maximum atomic E-state index is 13.2. The summed E-state index contributed by atoms with van der Waals surface area (Å²) in [6.07, 6.45) is 3.15. The van der Waals surface area contributed by atoms with Gasteiger partial charge in [0.25, 0.3) is 11.8 Å². The summed E-state index contributed by atoms with van der Waals surface area (Å²) >= 11 is 1.40. The number of halogens is 1. The maximum absolute atomic E-state index is 13.2. The molecule has 7 nitrogen and oxygen atoms in total. The van der Waals surface area contributed by atoms with Gasteiger partial charge in [-0.05, 0) is 68.7 Å². The SMILES string of the molecule is CCOC(=O)C1CCN(C(=O)c2ccc(Cn3cc(C)sc3=NC(=O)c3ccc(F)cc3)cc2)CC1. The number of benzene rings is 2. The van der Waals surface area contributed by atoms with Crippen LogP contribution in [0.25, 0.3) is 0 Å². The Morgan fingerprint density at radius 1 is 1.03 bits per heavy atom. The van der Waals surface area contributed by atoms with E-state index in [-0.39, 0.29) is 17.8 Å². The fraction of sp³-hybridized carbons (Fsp3) is 0.333. The number of esters is 1. The summed E-state index contributed by atoms with van der Waals surface area (Å²) in [6.45, 7) is 5.64. The largest absolute Gasteiger partial charge is 0.466 e. The van der Waals surface area contributed by atoms with Gasteiger partial charge in [0.2, 0.25) is 0 Å². The lowest BCUT2D eigenvalue weighted by molar-refractivity contribution is -0.149. The van der Waals surface area contributed by atoms with Gasteiger partial charge in [-0.2, -0.15) is 4.99 Å².